The van der Waals surface area contributed by atoms with Crippen LogP contribution in [0.15, 0.2) is 47.4 Å². The molecule has 9 heteroatoms. The summed E-state index contributed by atoms with van der Waals surface area (Å²) >= 11 is 1.56. The number of alkyl halides is 3. The van der Waals surface area contributed by atoms with Gasteiger partial charge in [0.05, 0.1) is 24.9 Å². The first-order valence-corrected chi connectivity index (χ1v) is 11.6. The van der Waals surface area contributed by atoms with Gasteiger partial charge in [0, 0.05) is 28.4 Å². The van der Waals surface area contributed by atoms with Gasteiger partial charge in [0.25, 0.3) is 0 Å². The molecule has 5 nitrogen and oxygen atoms in total. The first-order chi connectivity index (χ1) is 15.5. The van der Waals surface area contributed by atoms with Crippen molar-refractivity contribution in [2.75, 3.05) is 25.6 Å². The topological polar surface area (TPSA) is 61.8 Å². The fraction of sp³-hybridized carbons (Fsp3) is 0.500. The Balaban J connectivity index is 1.88. The number of hydrogen-bond acceptors (Lipinski definition) is 6. The second-order valence-corrected chi connectivity index (χ2v) is 9.27. The van der Waals surface area contributed by atoms with Crippen molar-refractivity contribution in [2.24, 2.45) is 11.3 Å². The first-order valence-electron chi connectivity index (χ1n) is 10.6. The Bertz CT molecular complexity index is 847. The second-order valence-electron chi connectivity index (χ2n) is 8.18. The monoisotopic (exact) mass is 486 g/mol. The number of esters is 1. The standard InChI is InChI=1S/C24H29F3O5S/c1-4-30-22(29)15-32-21-10-9-20(13-23(21,2)3)33-16-17(11-12-28)14-31-19-7-5-18(6-8-19)24(25,26)27/h5-10,12-13,17,21H,4,11,14-16H2,1-3H3. The van der Waals surface area contributed by atoms with E-state index in [1.807, 2.05) is 26.0 Å². The molecule has 0 fully saturated rings. The summed E-state index contributed by atoms with van der Waals surface area (Å²) < 4.78 is 54.2. The molecule has 1 aromatic rings. The van der Waals surface area contributed by atoms with Gasteiger partial charge in [-0.3, -0.25) is 0 Å². The number of halogens is 3. The lowest BCUT2D eigenvalue weighted by atomic mass is 9.83. The maximum Gasteiger partial charge on any atom is 0.416 e. The third-order valence-corrected chi connectivity index (χ3v) is 6.18. The van der Waals surface area contributed by atoms with E-state index in [-0.39, 0.29) is 37.1 Å². The third-order valence-electron chi connectivity index (χ3n) is 4.95. The van der Waals surface area contributed by atoms with Crippen LogP contribution in [-0.4, -0.2) is 43.9 Å². The molecule has 1 aliphatic carbocycles. The Hall–Kier alpha value is -2.26. The molecule has 0 spiro atoms. The lowest BCUT2D eigenvalue weighted by Gasteiger charge is -2.32. The number of thioether (sulfide) groups is 1. The minimum atomic E-state index is -4.40. The molecule has 0 aromatic heterocycles. The summed E-state index contributed by atoms with van der Waals surface area (Å²) in [5.74, 6) is 0.406. The minimum absolute atomic E-state index is 0.106. The number of rotatable bonds is 12. The van der Waals surface area contributed by atoms with Gasteiger partial charge >= 0.3 is 12.1 Å². The smallest absolute Gasteiger partial charge is 0.416 e. The number of benzene rings is 1. The highest BCUT2D eigenvalue weighted by Crippen LogP contribution is 2.36. The van der Waals surface area contributed by atoms with Crippen molar-refractivity contribution in [2.45, 2.75) is 39.5 Å². The summed E-state index contributed by atoms with van der Waals surface area (Å²) in [5.41, 5.74) is -1.08. The molecule has 0 heterocycles. The average molecular weight is 487 g/mol. The quantitative estimate of drug-likeness (QED) is 0.289. The fourth-order valence-electron chi connectivity index (χ4n) is 3.14. The maximum atomic E-state index is 12.7. The first kappa shape index (κ1) is 27.0. The Labute approximate surface area is 196 Å². The summed E-state index contributed by atoms with van der Waals surface area (Å²) in [6.45, 7) is 6.14. The largest absolute Gasteiger partial charge is 0.493 e. The van der Waals surface area contributed by atoms with Gasteiger partial charge in [0.1, 0.15) is 18.6 Å². The van der Waals surface area contributed by atoms with Crippen molar-refractivity contribution in [3.05, 3.63) is 53.0 Å². The van der Waals surface area contributed by atoms with Crippen LogP contribution in [0.4, 0.5) is 13.2 Å². The predicted octanol–water partition coefficient (Wildman–Crippen LogP) is 5.45. The highest BCUT2D eigenvalue weighted by atomic mass is 32.2. The third kappa shape index (κ3) is 8.89. The Morgan fingerprint density at radius 3 is 2.52 bits per heavy atom. The molecule has 0 amide bonds. The van der Waals surface area contributed by atoms with Crippen molar-refractivity contribution >= 4 is 24.0 Å². The molecule has 2 atom stereocenters. The molecule has 0 bridgehead atoms. The summed E-state index contributed by atoms with van der Waals surface area (Å²) in [6.07, 6.45) is 2.29. The maximum absolute atomic E-state index is 12.7. The molecule has 182 valence electrons. The molecule has 2 rings (SSSR count). The highest BCUT2D eigenvalue weighted by molar-refractivity contribution is 8.03. The number of aldehydes is 1. The Morgan fingerprint density at radius 2 is 1.94 bits per heavy atom. The summed E-state index contributed by atoms with van der Waals surface area (Å²) in [7, 11) is 0. The van der Waals surface area contributed by atoms with Gasteiger partial charge in [-0.05, 0) is 31.2 Å². The number of carbonyl (C=O) groups excluding carboxylic acids is 2. The van der Waals surface area contributed by atoms with E-state index in [0.717, 1.165) is 23.3 Å². The van der Waals surface area contributed by atoms with E-state index < -0.39 is 17.7 Å². The van der Waals surface area contributed by atoms with Gasteiger partial charge in [-0.25, -0.2) is 4.79 Å². The number of hydrogen-bond donors (Lipinski definition) is 0. The summed E-state index contributed by atoms with van der Waals surface area (Å²) in [4.78, 5) is 23.6. The minimum Gasteiger partial charge on any atom is -0.493 e. The van der Waals surface area contributed by atoms with Crippen molar-refractivity contribution in [1.29, 1.82) is 0 Å². The average Bonchev–Trinajstić information content (AvgIpc) is 2.74. The van der Waals surface area contributed by atoms with Crippen molar-refractivity contribution < 1.29 is 37.0 Å². The van der Waals surface area contributed by atoms with Crippen LogP contribution in [0.2, 0.25) is 0 Å². The molecule has 0 saturated carbocycles. The number of ether oxygens (including phenoxy) is 3. The molecule has 0 saturated heterocycles. The van der Waals surface area contributed by atoms with Gasteiger partial charge in [0.2, 0.25) is 0 Å². The van der Waals surface area contributed by atoms with E-state index >= 15 is 0 Å². The zero-order chi connectivity index (χ0) is 24.5. The molecule has 2 unspecified atom stereocenters. The van der Waals surface area contributed by atoms with Gasteiger partial charge in [-0.15, -0.1) is 11.8 Å². The highest BCUT2D eigenvalue weighted by Gasteiger charge is 2.31. The molecular formula is C24H29F3O5S. The molecule has 1 aromatic carbocycles. The van der Waals surface area contributed by atoms with Crippen molar-refractivity contribution in [3.8, 4) is 5.75 Å². The van der Waals surface area contributed by atoms with Crippen LogP contribution >= 0.6 is 11.8 Å². The van der Waals surface area contributed by atoms with Crippen LogP contribution in [0, 0.1) is 11.3 Å². The molecule has 1 aliphatic rings. The second kappa shape index (κ2) is 12.3. The van der Waals surface area contributed by atoms with E-state index in [9.17, 15) is 22.8 Å². The summed E-state index contributed by atoms with van der Waals surface area (Å²) in [5, 5.41) is 0. The normalized spacial score (nSPS) is 18.4. The zero-order valence-corrected chi connectivity index (χ0v) is 19.7. The van der Waals surface area contributed by atoms with Gasteiger partial charge in [-0.2, -0.15) is 13.2 Å². The van der Waals surface area contributed by atoms with Crippen molar-refractivity contribution in [1.82, 2.24) is 0 Å². The van der Waals surface area contributed by atoms with Gasteiger partial charge in [0.15, 0.2) is 0 Å². The Morgan fingerprint density at radius 1 is 1.24 bits per heavy atom. The van der Waals surface area contributed by atoms with E-state index in [2.05, 4.69) is 6.08 Å². The van der Waals surface area contributed by atoms with Crippen LogP contribution in [0.1, 0.15) is 32.8 Å². The van der Waals surface area contributed by atoms with Crippen LogP contribution in [0.25, 0.3) is 0 Å². The van der Waals surface area contributed by atoms with E-state index in [1.165, 1.54) is 12.1 Å². The molecule has 0 N–H and O–H groups in total. The van der Waals surface area contributed by atoms with E-state index in [1.54, 1.807) is 18.7 Å². The lowest BCUT2D eigenvalue weighted by Crippen LogP contribution is -2.32. The zero-order valence-electron chi connectivity index (χ0n) is 18.9. The van der Waals surface area contributed by atoms with Crippen LogP contribution in [0.3, 0.4) is 0 Å². The fourth-order valence-corrected chi connectivity index (χ4v) is 4.36. The SMILES string of the molecule is CCOC(=O)COC1C=CC(SCC(CC=O)COc2ccc(C(F)(F)F)cc2)=CC1(C)C. The van der Waals surface area contributed by atoms with Crippen LogP contribution < -0.4 is 4.74 Å². The number of carbonyl (C=O) groups is 2. The summed E-state index contributed by atoms with van der Waals surface area (Å²) in [6, 6.07) is 4.50. The van der Waals surface area contributed by atoms with E-state index in [4.69, 9.17) is 14.2 Å². The number of allylic oxidation sites excluding steroid dienone is 1. The lowest BCUT2D eigenvalue weighted by molar-refractivity contribution is -0.151. The molecule has 0 aliphatic heterocycles. The Kier molecular flexibility index (Phi) is 10.0. The van der Waals surface area contributed by atoms with Crippen LogP contribution in [0.5, 0.6) is 5.75 Å². The van der Waals surface area contributed by atoms with Gasteiger partial charge < -0.3 is 19.0 Å². The molecule has 33 heavy (non-hydrogen) atoms. The van der Waals surface area contributed by atoms with Crippen molar-refractivity contribution in [3.63, 3.8) is 0 Å². The van der Waals surface area contributed by atoms with Gasteiger partial charge in [-0.1, -0.05) is 32.1 Å². The predicted molar refractivity (Wildman–Crippen MR) is 121 cm³/mol. The molecule has 0 radical (unpaired) electrons. The molecular weight excluding hydrogens is 457 g/mol. The van der Waals surface area contributed by atoms with Crippen LogP contribution in [-0.2, 0) is 25.2 Å². The van der Waals surface area contributed by atoms with E-state index in [0.29, 0.717) is 18.1 Å².